The summed E-state index contributed by atoms with van der Waals surface area (Å²) >= 11 is 3.36. The van der Waals surface area contributed by atoms with Crippen LogP contribution >= 0.6 is 15.9 Å². The fourth-order valence-electron chi connectivity index (χ4n) is 1.23. The zero-order valence-electron chi connectivity index (χ0n) is 9.46. The van der Waals surface area contributed by atoms with E-state index in [0.717, 1.165) is 4.47 Å². The minimum absolute atomic E-state index is 0.173. The number of rotatable bonds is 4. The molecular weight excluding hydrogens is 300 g/mol. The molecule has 0 fully saturated rings. The topological polar surface area (TPSA) is 61.3 Å². The highest BCUT2D eigenvalue weighted by Gasteiger charge is 2.06. The molecular formula is C12H9BrN2O3. The van der Waals surface area contributed by atoms with Gasteiger partial charge in [0.2, 0.25) is 0 Å². The zero-order valence-corrected chi connectivity index (χ0v) is 11.0. The van der Waals surface area contributed by atoms with Crippen molar-refractivity contribution in [3.63, 3.8) is 0 Å². The third kappa shape index (κ3) is 2.84. The van der Waals surface area contributed by atoms with E-state index in [4.69, 9.17) is 9.47 Å². The number of carbonyl (C=O) groups excluding carboxylic acids is 1. The first-order valence-corrected chi connectivity index (χ1v) is 5.81. The normalized spacial score (nSPS) is 9.89. The molecule has 18 heavy (non-hydrogen) atoms. The van der Waals surface area contributed by atoms with Crippen molar-refractivity contribution in [1.29, 1.82) is 0 Å². The van der Waals surface area contributed by atoms with Crippen molar-refractivity contribution in [3.05, 3.63) is 40.6 Å². The fraction of sp³-hybridized carbons (Fsp3) is 0.0833. The average Bonchev–Trinajstić information content (AvgIpc) is 2.42. The lowest BCUT2D eigenvalue weighted by molar-refractivity contribution is 0.112. The second-order valence-electron chi connectivity index (χ2n) is 3.32. The van der Waals surface area contributed by atoms with Crippen LogP contribution in [0.2, 0.25) is 0 Å². The second-order valence-corrected chi connectivity index (χ2v) is 4.17. The van der Waals surface area contributed by atoms with Crippen LogP contribution in [0.4, 0.5) is 0 Å². The maximum Gasteiger partial charge on any atom is 0.321 e. The molecule has 1 aromatic carbocycles. The summed E-state index contributed by atoms with van der Waals surface area (Å²) in [7, 11) is 1.59. The maximum absolute atomic E-state index is 10.5. The van der Waals surface area contributed by atoms with Gasteiger partial charge in [0, 0.05) is 12.4 Å². The molecule has 2 aromatic rings. The summed E-state index contributed by atoms with van der Waals surface area (Å²) in [5.74, 6) is 1.28. The van der Waals surface area contributed by atoms with Crippen molar-refractivity contribution in [2.45, 2.75) is 0 Å². The Morgan fingerprint density at radius 2 is 2.00 bits per heavy atom. The van der Waals surface area contributed by atoms with Crippen LogP contribution in [0.3, 0.4) is 0 Å². The van der Waals surface area contributed by atoms with E-state index in [1.54, 1.807) is 25.3 Å². The molecule has 1 heterocycles. The molecule has 0 amide bonds. The zero-order chi connectivity index (χ0) is 13.0. The van der Waals surface area contributed by atoms with Gasteiger partial charge in [-0.2, -0.15) is 0 Å². The maximum atomic E-state index is 10.5. The molecule has 0 unspecified atom stereocenters. The first kappa shape index (κ1) is 12.5. The summed E-state index contributed by atoms with van der Waals surface area (Å²) in [4.78, 5) is 18.3. The molecule has 6 heteroatoms. The van der Waals surface area contributed by atoms with E-state index in [9.17, 15) is 4.79 Å². The van der Waals surface area contributed by atoms with E-state index >= 15 is 0 Å². The van der Waals surface area contributed by atoms with Gasteiger partial charge in [-0.05, 0) is 34.1 Å². The number of aromatic nitrogens is 2. The van der Waals surface area contributed by atoms with Gasteiger partial charge in [0.1, 0.15) is 11.5 Å². The van der Waals surface area contributed by atoms with Crippen molar-refractivity contribution in [1.82, 2.24) is 9.97 Å². The SMILES string of the molecule is COc1ccc(Oc2ncc(C=O)cn2)c(Br)c1. The van der Waals surface area contributed by atoms with Gasteiger partial charge in [0.25, 0.3) is 0 Å². The van der Waals surface area contributed by atoms with Gasteiger partial charge in [-0.1, -0.05) is 0 Å². The number of carbonyl (C=O) groups is 1. The molecule has 0 aliphatic carbocycles. The van der Waals surface area contributed by atoms with E-state index in [-0.39, 0.29) is 6.01 Å². The number of benzene rings is 1. The number of methoxy groups -OCH3 is 1. The van der Waals surface area contributed by atoms with Crippen LogP contribution in [0.15, 0.2) is 35.1 Å². The second kappa shape index (κ2) is 5.59. The Morgan fingerprint density at radius 1 is 1.28 bits per heavy atom. The third-order valence-electron chi connectivity index (χ3n) is 2.12. The van der Waals surface area contributed by atoms with Crippen LogP contribution in [-0.4, -0.2) is 23.4 Å². The number of nitrogens with zero attached hydrogens (tertiary/aromatic N) is 2. The van der Waals surface area contributed by atoms with Crippen LogP contribution in [0.5, 0.6) is 17.5 Å². The van der Waals surface area contributed by atoms with Crippen LogP contribution in [-0.2, 0) is 0 Å². The average molecular weight is 309 g/mol. The lowest BCUT2D eigenvalue weighted by atomic mass is 10.3. The molecule has 0 aliphatic rings. The molecule has 0 aliphatic heterocycles. The lowest BCUT2D eigenvalue weighted by Gasteiger charge is -2.07. The summed E-state index contributed by atoms with van der Waals surface area (Å²) < 4.78 is 11.3. The first-order chi connectivity index (χ1) is 8.72. The lowest BCUT2D eigenvalue weighted by Crippen LogP contribution is -1.94. The summed E-state index contributed by atoms with van der Waals surface area (Å²) in [5.41, 5.74) is 0.399. The van der Waals surface area contributed by atoms with Crippen molar-refractivity contribution >= 4 is 22.2 Å². The quantitative estimate of drug-likeness (QED) is 0.813. The highest BCUT2D eigenvalue weighted by molar-refractivity contribution is 9.10. The minimum Gasteiger partial charge on any atom is -0.497 e. The highest BCUT2D eigenvalue weighted by atomic mass is 79.9. The van der Waals surface area contributed by atoms with Gasteiger partial charge in [-0.3, -0.25) is 4.79 Å². The van der Waals surface area contributed by atoms with Crippen LogP contribution in [0, 0.1) is 0 Å². The van der Waals surface area contributed by atoms with E-state index in [1.807, 2.05) is 0 Å². The first-order valence-electron chi connectivity index (χ1n) is 5.01. The Kier molecular flexibility index (Phi) is 3.88. The molecule has 5 nitrogen and oxygen atoms in total. The van der Waals surface area contributed by atoms with Gasteiger partial charge in [-0.25, -0.2) is 9.97 Å². The standard InChI is InChI=1S/C12H9BrN2O3/c1-17-9-2-3-11(10(13)4-9)18-12-14-5-8(7-16)6-15-12/h2-7H,1H3. The van der Waals surface area contributed by atoms with Crippen LogP contribution < -0.4 is 9.47 Å². The van der Waals surface area contributed by atoms with Gasteiger partial charge < -0.3 is 9.47 Å². The monoisotopic (exact) mass is 308 g/mol. The number of hydrogen-bond acceptors (Lipinski definition) is 5. The Morgan fingerprint density at radius 3 is 2.56 bits per heavy atom. The summed E-state index contributed by atoms with van der Waals surface area (Å²) in [5, 5.41) is 0. The van der Waals surface area contributed by atoms with E-state index in [2.05, 4.69) is 25.9 Å². The Hall–Kier alpha value is -1.95. The van der Waals surface area contributed by atoms with Crippen LogP contribution in [0.25, 0.3) is 0 Å². The summed E-state index contributed by atoms with van der Waals surface area (Å²) in [6.45, 7) is 0. The molecule has 0 spiro atoms. The fourth-order valence-corrected chi connectivity index (χ4v) is 1.67. The van der Waals surface area contributed by atoms with E-state index in [1.165, 1.54) is 12.4 Å². The molecule has 1 aromatic heterocycles. The Labute approximate surface area is 112 Å². The van der Waals surface area contributed by atoms with Crippen LogP contribution in [0.1, 0.15) is 10.4 Å². The Balaban J connectivity index is 2.19. The molecule has 0 saturated heterocycles. The van der Waals surface area contributed by atoms with Crippen molar-refractivity contribution in [2.24, 2.45) is 0 Å². The number of ether oxygens (including phenoxy) is 2. The predicted octanol–water partition coefficient (Wildman–Crippen LogP) is 2.85. The minimum atomic E-state index is 0.173. The highest BCUT2D eigenvalue weighted by Crippen LogP contribution is 2.31. The molecule has 0 atom stereocenters. The van der Waals surface area contributed by atoms with Gasteiger partial charge in [-0.15, -0.1) is 0 Å². The Bertz CT molecular complexity index is 558. The molecule has 0 bridgehead atoms. The third-order valence-corrected chi connectivity index (χ3v) is 2.74. The van der Waals surface area contributed by atoms with Gasteiger partial charge >= 0.3 is 6.01 Å². The predicted molar refractivity (Wildman–Crippen MR) is 68.2 cm³/mol. The largest absolute Gasteiger partial charge is 0.497 e. The molecule has 0 radical (unpaired) electrons. The molecule has 0 saturated carbocycles. The van der Waals surface area contributed by atoms with Crippen molar-refractivity contribution in [2.75, 3.05) is 7.11 Å². The molecule has 2 rings (SSSR count). The number of hydrogen-bond donors (Lipinski definition) is 0. The van der Waals surface area contributed by atoms with Gasteiger partial charge in [0.05, 0.1) is 17.1 Å². The smallest absolute Gasteiger partial charge is 0.321 e. The number of halogens is 1. The van der Waals surface area contributed by atoms with Gasteiger partial charge in [0.15, 0.2) is 6.29 Å². The van der Waals surface area contributed by atoms with E-state index < -0.39 is 0 Å². The summed E-state index contributed by atoms with van der Waals surface area (Å²) in [6.07, 6.45) is 3.46. The molecule has 92 valence electrons. The van der Waals surface area contributed by atoms with Crippen molar-refractivity contribution in [3.8, 4) is 17.5 Å². The van der Waals surface area contributed by atoms with E-state index in [0.29, 0.717) is 23.3 Å². The van der Waals surface area contributed by atoms with Crippen molar-refractivity contribution < 1.29 is 14.3 Å². The molecule has 0 N–H and O–H groups in total. The summed E-state index contributed by atoms with van der Waals surface area (Å²) in [6, 6.07) is 5.45. The number of aldehydes is 1.